The first kappa shape index (κ1) is 8.85. The van der Waals surface area contributed by atoms with Crippen LogP contribution in [-0.2, 0) is 0 Å². The first-order valence-corrected chi connectivity index (χ1v) is 5.35. The van der Waals surface area contributed by atoms with Crippen LogP contribution in [0.5, 0.6) is 0 Å². The highest BCUT2D eigenvalue weighted by Gasteiger charge is 2.20. The van der Waals surface area contributed by atoms with Gasteiger partial charge in [-0.15, -0.1) is 0 Å². The van der Waals surface area contributed by atoms with Crippen molar-refractivity contribution in [2.24, 2.45) is 0 Å². The Bertz CT molecular complexity index is 427. The first-order chi connectivity index (χ1) is 7.43. The summed E-state index contributed by atoms with van der Waals surface area (Å²) in [6.07, 6.45) is 3.96. The molecular formula is C11H13N3O. The summed E-state index contributed by atoms with van der Waals surface area (Å²) in [4.78, 5) is 8.61. The van der Waals surface area contributed by atoms with Gasteiger partial charge in [0.05, 0.1) is 0 Å². The molecule has 2 aromatic rings. The number of nitrogens with zero attached hydrogens (tertiary/aromatic N) is 2. The van der Waals surface area contributed by atoms with Crippen molar-refractivity contribution in [2.75, 3.05) is 13.1 Å². The van der Waals surface area contributed by atoms with Crippen LogP contribution in [0.25, 0.3) is 11.2 Å². The molecule has 3 heterocycles. The molecule has 4 heteroatoms. The lowest BCUT2D eigenvalue weighted by Crippen LogP contribution is -2.26. The maximum absolute atomic E-state index is 5.71. The number of nitrogens with one attached hydrogen (secondary N) is 1. The summed E-state index contributed by atoms with van der Waals surface area (Å²) in [5, 5.41) is 3.33. The third-order valence-corrected chi connectivity index (χ3v) is 2.87. The number of aromatic nitrogens is 2. The maximum atomic E-state index is 5.71. The highest BCUT2D eigenvalue weighted by atomic mass is 16.3. The monoisotopic (exact) mass is 203 g/mol. The van der Waals surface area contributed by atoms with Crippen LogP contribution in [0.15, 0.2) is 22.7 Å². The largest absolute Gasteiger partial charge is 0.439 e. The zero-order valence-corrected chi connectivity index (χ0v) is 8.44. The Labute approximate surface area is 87.7 Å². The Morgan fingerprint density at radius 2 is 2.20 bits per heavy atom. The lowest BCUT2D eigenvalue weighted by atomic mass is 9.98. The fourth-order valence-electron chi connectivity index (χ4n) is 2.03. The molecule has 0 atom stereocenters. The van der Waals surface area contributed by atoms with Crippen molar-refractivity contribution < 1.29 is 4.42 Å². The smallest absolute Gasteiger partial charge is 0.200 e. The molecule has 3 rings (SSSR count). The Hall–Kier alpha value is -1.42. The predicted molar refractivity (Wildman–Crippen MR) is 56.6 cm³/mol. The standard InChI is InChI=1S/C11H13N3O/c1-2-9-10(13-5-1)14-11(15-9)8-3-6-12-7-4-8/h1-2,5,8,12H,3-4,6-7H2. The lowest BCUT2D eigenvalue weighted by molar-refractivity contribution is 0.385. The van der Waals surface area contributed by atoms with E-state index in [1.807, 2.05) is 12.1 Å². The first-order valence-electron chi connectivity index (χ1n) is 5.35. The minimum atomic E-state index is 0.459. The third-order valence-electron chi connectivity index (χ3n) is 2.87. The van der Waals surface area contributed by atoms with E-state index in [0.29, 0.717) is 5.92 Å². The highest BCUT2D eigenvalue weighted by molar-refractivity contribution is 5.66. The molecule has 0 radical (unpaired) electrons. The molecule has 0 bridgehead atoms. The summed E-state index contributed by atoms with van der Waals surface area (Å²) < 4.78 is 5.71. The van der Waals surface area contributed by atoms with Crippen molar-refractivity contribution in [1.82, 2.24) is 15.3 Å². The van der Waals surface area contributed by atoms with Crippen molar-refractivity contribution in [3.05, 3.63) is 24.2 Å². The fourth-order valence-corrected chi connectivity index (χ4v) is 2.03. The van der Waals surface area contributed by atoms with Gasteiger partial charge in [0.15, 0.2) is 17.1 Å². The molecule has 4 nitrogen and oxygen atoms in total. The maximum Gasteiger partial charge on any atom is 0.200 e. The van der Waals surface area contributed by atoms with E-state index in [9.17, 15) is 0 Å². The van der Waals surface area contributed by atoms with Crippen molar-refractivity contribution in [3.8, 4) is 0 Å². The molecule has 1 N–H and O–H groups in total. The molecule has 1 fully saturated rings. The van der Waals surface area contributed by atoms with Crippen molar-refractivity contribution in [2.45, 2.75) is 18.8 Å². The number of piperidine rings is 1. The van der Waals surface area contributed by atoms with Gasteiger partial charge in [-0.1, -0.05) is 0 Å². The van der Waals surface area contributed by atoms with Crippen LogP contribution in [0.3, 0.4) is 0 Å². The second kappa shape index (κ2) is 3.62. The number of oxazole rings is 1. The van der Waals surface area contributed by atoms with Crippen LogP contribution < -0.4 is 5.32 Å². The van der Waals surface area contributed by atoms with E-state index in [-0.39, 0.29) is 0 Å². The fraction of sp³-hybridized carbons (Fsp3) is 0.455. The second-order valence-electron chi connectivity index (χ2n) is 3.90. The van der Waals surface area contributed by atoms with Gasteiger partial charge in [0.1, 0.15) is 0 Å². The van der Waals surface area contributed by atoms with Crippen molar-refractivity contribution >= 4 is 11.2 Å². The van der Waals surface area contributed by atoms with Crippen molar-refractivity contribution in [1.29, 1.82) is 0 Å². The average Bonchev–Trinajstić information content (AvgIpc) is 2.74. The van der Waals surface area contributed by atoms with E-state index in [2.05, 4.69) is 15.3 Å². The van der Waals surface area contributed by atoms with E-state index in [1.54, 1.807) is 6.20 Å². The minimum absolute atomic E-state index is 0.459. The van der Waals surface area contributed by atoms with Gasteiger partial charge in [-0.25, -0.2) is 4.98 Å². The molecule has 0 aromatic carbocycles. The minimum Gasteiger partial charge on any atom is -0.439 e. The van der Waals surface area contributed by atoms with Gasteiger partial charge in [-0.3, -0.25) is 0 Å². The van der Waals surface area contributed by atoms with E-state index in [1.165, 1.54) is 0 Å². The molecule has 0 aliphatic carbocycles. The number of hydrogen-bond acceptors (Lipinski definition) is 4. The molecule has 0 saturated carbocycles. The zero-order chi connectivity index (χ0) is 10.1. The second-order valence-corrected chi connectivity index (χ2v) is 3.90. The number of fused-ring (bicyclic) bond motifs is 1. The topological polar surface area (TPSA) is 51.0 Å². The quantitative estimate of drug-likeness (QED) is 0.766. The normalized spacial score (nSPS) is 18.4. The summed E-state index contributed by atoms with van der Waals surface area (Å²) in [6.45, 7) is 2.10. The number of pyridine rings is 1. The van der Waals surface area contributed by atoms with E-state index in [0.717, 1.165) is 43.1 Å². The molecule has 0 spiro atoms. The van der Waals surface area contributed by atoms with E-state index in [4.69, 9.17) is 4.42 Å². The molecule has 0 amide bonds. The molecule has 1 aliphatic heterocycles. The van der Waals surface area contributed by atoms with Gasteiger partial charge in [0, 0.05) is 12.1 Å². The number of hydrogen-bond donors (Lipinski definition) is 1. The van der Waals surface area contributed by atoms with Gasteiger partial charge in [-0.2, -0.15) is 4.98 Å². The van der Waals surface area contributed by atoms with Gasteiger partial charge < -0.3 is 9.73 Å². The van der Waals surface area contributed by atoms with Crippen LogP contribution in [0.1, 0.15) is 24.7 Å². The van der Waals surface area contributed by atoms with Gasteiger partial charge in [0.2, 0.25) is 0 Å². The van der Waals surface area contributed by atoms with Gasteiger partial charge in [-0.05, 0) is 38.1 Å². The molecule has 1 aliphatic rings. The molecule has 78 valence electrons. The number of rotatable bonds is 1. The van der Waals surface area contributed by atoms with Gasteiger partial charge >= 0.3 is 0 Å². The van der Waals surface area contributed by atoms with Gasteiger partial charge in [0.25, 0.3) is 0 Å². The Kier molecular flexibility index (Phi) is 2.14. The lowest BCUT2D eigenvalue weighted by Gasteiger charge is -2.19. The summed E-state index contributed by atoms with van der Waals surface area (Å²) in [7, 11) is 0. The Morgan fingerprint density at radius 3 is 3.00 bits per heavy atom. The summed E-state index contributed by atoms with van der Waals surface area (Å²) >= 11 is 0. The Morgan fingerprint density at radius 1 is 1.33 bits per heavy atom. The molecule has 2 aromatic heterocycles. The molecular weight excluding hydrogens is 190 g/mol. The van der Waals surface area contributed by atoms with Crippen LogP contribution in [0.2, 0.25) is 0 Å². The zero-order valence-electron chi connectivity index (χ0n) is 8.44. The van der Waals surface area contributed by atoms with Crippen LogP contribution in [-0.4, -0.2) is 23.1 Å². The summed E-state index contributed by atoms with van der Waals surface area (Å²) in [6, 6.07) is 3.79. The van der Waals surface area contributed by atoms with E-state index < -0.39 is 0 Å². The van der Waals surface area contributed by atoms with Crippen LogP contribution in [0, 0.1) is 0 Å². The average molecular weight is 203 g/mol. The third kappa shape index (κ3) is 1.61. The van der Waals surface area contributed by atoms with E-state index >= 15 is 0 Å². The molecule has 1 saturated heterocycles. The summed E-state index contributed by atoms with van der Waals surface area (Å²) in [5.74, 6) is 1.31. The Balaban J connectivity index is 1.96. The van der Waals surface area contributed by atoms with Crippen LogP contribution >= 0.6 is 0 Å². The molecule has 15 heavy (non-hydrogen) atoms. The highest BCUT2D eigenvalue weighted by Crippen LogP contribution is 2.26. The predicted octanol–water partition coefficient (Wildman–Crippen LogP) is 1.69. The molecule has 0 unspecified atom stereocenters. The summed E-state index contributed by atoms with van der Waals surface area (Å²) in [5.41, 5.74) is 1.53. The SMILES string of the molecule is c1cnc2nc(C3CCNCC3)oc2c1. The van der Waals surface area contributed by atoms with Crippen LogP contribution in [0.4, 0.5) is 0 Å². The van der Waals surface area contributed by atoms with Crippen molar-refractivity contribution in [3.63, 3.8) is 0 Å².